The van der Waals surface area contributed by atoms with Gasteiger partial charge in [0.2, 0.25) is 0 Å². The molecular formula is C20H29NO2S. The molecule has 0 saturated carbocycles. The predicted octanol–water partition coefficient (Wildman–Crippen LogP) is 4.58. The van der Waals surface area contributed by atoms with Gasteiger partial charge >= 0.3 is 0 Å². The number of carbonyl (C=O) groups excluding carboxylic acids is 1. The maximum atomic E-state index is 12.0. The summed E-state index contributed by atoms with van der Waals surface area (Å²) in [6.45, 7) is 12.7. The second kappa shape index (κ2) is 6.47. The lowest BCUT2D eigenvalue weighted by molar-refractivity contribution is -0.123. The number of allylic oxidation sites excluding steroid dienone is 1. The van der Waals surface area contributed by atoms with E-state index < -0.39 is 0 Å². The molecule has 1 saturated heterocycles. The molecule has 1 aromatic carbocycles. The Labute approximate surface area is 150 Å². The van der Waals surface area contributed by atoms with Gasteiger partial charge in [-0.1, -0.05) is 71.5 Å². The Morgan fingerprint density at radius 3 is 2.00 bits per heavy atom. The van der Waals surface area contributed by atoms with Gasteiger partial charge < -0.3 is 10.0 Å². The van der Waals surface area contributed by atoms with Crippen molar-refractivity contribution in [3.8, 4) is 5.75 Å². The summed E-state index contributed by atoms with van der Waals surface area (Å²) in [7, 11) is 1.83. The van der Waals surface area contributed by atoms with Crippen molar-refractivity contribution in [3.05, 3.63) is 39.8 Å². The van der Waals surface area contributed by atoms with Gasteiger partial charge in [-0.25, -0.2) is 0 Å². The van der Waals surface area contributed by atoms with Crippen LogP contribution in [-0.2, 0) is 22.0 Å². The number of phenolic OH excluding ortho intramolecular Hbond substituents is 1. The van der Waals surface area contributed by atoms with Crippen LogP contribution in [0.2, 0.25) is 0 Å². The quantitative estimate of drug-likeness (QED) is 0.796. The Kier molecular flexibility index (Phi) is 5.10. The Hall–Kier alpha value is -1.42. The summed E-state index contributed by atoms with van der Waals surface area (Å²) >= 11 is 1.59. The van der Waals surface area contributed by atoms with Crippen LogP contribution in [0.4, 0.5) is 0 Å². The zero-order valence-corrected chi connectivity index (χ0v) is 16.7. The van der Waals surface area contributed by atoms with E-state index in [1.807, 2.05) is 13.1 Å². The molecular weight excluding hydrogens is 318 g/mol. The molecule has 0 aromatic heterocycles. The highest BCUT2D eigenvalue weighted by atomic mass is 32.2. The standard InChI is InChI=1S/C20H29NO2S/c1-19(2,3)14-10-13(11-15(17(14)22)20(4,5)6)8-9-16-18(23)21(7)12-24-16/h9-11,22H,8,12H2,1-7H3. The first kappa shape index (κ1) is 18.9. The predicted molar refractivity (Wildman–Crippen MR) is 103 cm³/mol. The van der Waals surface area contributed by atoms with Crippen molar-refractivity contribution in [1.29, 1.82) is 0 Å². The molecule has 1 N–H and O–H groups in total. The summed E-state index contributed by atoms with van der Waals surface area (Å²) < 4.78 is 0. The molecule has 24 heavy (non-hydrogen) atoms. The van der Waals surface area contributed by atoms with Crippen molar-refractivity contribution >= 4 is 17.7 Å². The van der Waals surface area contributed by atoms with Crippen molar-refractivity contribution < 1.29 is 9.90 Å². The highest BCUT2D eigenvalue weighted by Gasteiger charge is 2.27. The van der Waals surface area contributed by atoms with Crippen molar-refractivity contribution in [1.82, 2.24) is 4.90 Å². The van der Waals surface area contributed by atoms with Crippen molar-refractivity contribution in [3.63, 3.8) is 0 Å². The van der Waals surface area contributed by atoms with Gasteiger partial charge in [0.15, 0.2) is 0 Å². The Morgan fingerprint density at radius 1 is 1.12 bits per heavy atom. The van der Waals surface area contributed by atoms with Gasteiger partial charge in [0, 0.05) is 7.05 Å². The molecule has 132 valence electrons. The van der Waals surface area contributed by atoms with Gasteiger partial charge in [0.05, 0.1) is 10.8 Å². The fourth-order valence-electron chi connectivity index (χ4n) is 2.79. The first-order chi connectivity index (χ1) is 10.9. The van der Waals surface area contributed by atoms with Gasteiger partial charge in [0.1, 0.15) is 5.75 Å². The van der Waals surface area contributed by atoms with Crippen LogP contribution in [0.1, 0.15) is 58.2 Å². The third-order valence-corrected chi connectivity index (χ3v) is 5.45. The van der Waals surface area contributed by atoms with Crippen molar-refractivity contribution in [2.24, 2.45) is 0 Å². The average Bonchev–Trinajstić information content (AvgIpc) is 2.75. The number of rotatable bonds is 2. The molecule has 1 aliphatic rings. The van der Waals surface area contributed by atoms with E-state index in [1.165, 1.54) is 0 Å². The minimum atomic E-state index is -0.134. The molecule has 1 amide bonds. The zero-order valence-electron chi connectivity index (χ0n) is 15.9. The average molecular weight is 348 g/mol. The number of hydrogen-bond donors (Lipinski definition) is 1. The van der Waals surface area contributed by atoms with Crippen LogP contribution in [0, 0.1) is 0 Å². The number of nitrogens with zero attached hydrogens (tertiary/aromatic N) is 1. The lowest BCUT2D eigenvalue weighted by Gasteiger charge is -2.28. The van der Waals surface area contributed by atoms with Crippen LogP contribution in [0.3, 0.4) is 0 Å². The van der Waals surface area contributed by atoms with Gasteiger partial charge in [-0.2, -0.15) is 0 Å². The summed E-state index contributed by atoms with van der Waals surface area (Å²) in [5.41, 5.74) is 2.80. The van der Waals surface area contributed by atoms with E-state index in [4.69, 9.17) is 0 Å². The lowest BCUT2D eigenvalue weighted by atomic mass is 9.78. The second-order valence-electron chi connectivity index (χ2n) is 8.59. The molecule has 0 unspecified atom stereocenters. The maximum absolute atomic E-state index is 12.0. The normalized spacial score (nSPS) is 17.9. The van der Waals surface area contributed by atoms with Crippen LogP contribution in [0.25, 0.3) is 0 Å². The Balaban J connectivity index is 2.44. The van der Waals surface area contributed by atoms with Gasteiger partial charge in [0.25, 0.3) is 5.91 Å². The van der Waals surface area contributed by atoms with E-state index in [0.29, 0.717) is 12.2 Å². The number of hydrogen-bond acceptors (Lipinski definition) is 3. The first-order valence-corrected chi connectivity index (χ1v) is 9.35. The molecule has 1 aliphatic heterocycles. The number of phenols is 1. The van der Waals surface area contributed by atoms with E-state index in [-0.39, 0.29) is 16.7 Å². The monoisotopic (exact) mass is 347 g/mol. The molecule has 4 heteroatoms. The minimum Gasteiger partial charge on any atom is -0.507 e. The summed E-state index contributed by atoms with van der Waals surface area (Å²) in [4.78, 5) is 14.6. The number of likely N-dealkylation sites (N-methyl/N-ethyl adjacent to an activating group) is 1. The first-order valence-electron chi connectivity index (χ1n) is 8.36. The molecule has 0 atom stereocenters. The topological polar surface area (TPSA) is 40.5 Å². The number of carbonyl (C=O) groups is 1. The van der Waals surface area contributed by atoms with Crippen LogP contribution in [0.5, 0.6) is 5.75 Å². The molecule has 0 spiro atoms. The van der Waals surface area contributed by atoms with Crippen molar-refractivity contribution in [2.45, 2.75) is 58.8 Å². The van der Waals surface area contributed by atoms with Crippen LogP contribution >= 0.6 is 11.8 Å². The lowest BCUT2D eigenvalue weighted by Crippen LogP contribution is -2.19. The highest BCUT2D eigenvalue weighted by molar-refractivity contribution is 8.04. The summed E-state index contributed by atoms with van der Waals surface area (Å²) in [5.74, 6) is 1.23. The van der Waals surface area contributed by atoms with E-state index >= 15 is 0 Å². The summed E-state index contributed by atoms with van der Waals surface area (Å²) in [6.07, 6.45) is 2.72. The van der Waals surface area contributed by atoms with Crippen LogP contribution < -0.4 is 0 Å². The van der Waals surface area contributed by atoms with Crippen LogP contribution in [0.15, 0.2) is 23.1 Å². The van der Waals surface area contributed by atoms with Crippen LogP contribution in [-0.4, -0.2) is 28.8 Å². The molecule has 2 rings (SSSR count). The molecule has 0 radical (unpaired) electrons. The fraction of sp³-hybridized carbons (Fsp3) is 0.550. The molecule has 0 bridgehead atoms. The molecule has 3 nitrogen and oxygen atoms in total. The number of benzene rings is 1. The van der Waals surface area contributed by atoms with Crippen molar-refractivity contribution in [2.75, 3.05) is 12.9 Å². The molecule has 1 heterocycles. The second-order valence-corrected chi connectivity index (χ2v) is 9.58. The Morgan fingerprint density at radius 2 is 1.62 bits per heavy atom. The molecule has 0 aliphatic carbocycles. The largest absolute Gasteiger partial charge is 0.507 e. The number of aromatic hydroxyl groups is 1. The third-order valence-electron chi connectivity index (χ3n) is 4.28. The number of thioether (sulfide) groups is 1. The fourth-order valence-corrected chi connectivity index (χ4v) is 3.72. The minimum absolute atomic E-state index is 0.103. The maximum Gasteiger partial charge on any atom is 0.260 e. The SMILES string of the molecule is CN1CSC(=CCc2cc(C(C)(C)C)c(O)c(C(C)(C)C)c2)C1=O. The summed E-state index contributed by atoms with van der Waals surface area (Å²) in [5, 5.41) is 10.8. The zero-order chi connectivity index (χ0) is 18.3. The van der Waals surface area contributed by atoms with Gasteiger partial charge in [-0.15, -0.1) is 0 Å². The van der Waals surface area contributed by atoms with E-state index in [2.05, 4.69) is 53.7 Å². The third kappa shape index (κ3) is 3.97. The smallest absolute Gasteiger partial charge is 0.260 e. The summed E-state index contributed by atoms with van der Waals surface area (Å²) in [6, 6.07) is 4.16. The van der Waals surface area contributed by atoms with E-state index in [9.17, 15) is 9.90 Å². The Bertz CT molecular complexity index is 643. The molecule has 1 aromatic rings. The highest BCUT2D eigenvalue weighted by Crippen LogP contribution is 2.40. The molecule has 1 fully saturated rings. The van der Waals surface area contributed by atoms with Gasteiger partial charge in [-0.05, 0) is 33.9 Å². The van der Waals surface area contributed by atoms with Gasteiger partial charge in [-0.3, -0.25) is 4.79 Å². The van der Waals surface area contributed by atoms with E-state index in [0.717, 1.165) is 27.5 Å². The van der Waals surface area contributed by atoms with E-state index in [1.54, 1.807) is 16.7 Å². The number of amides is 1.